The van der Waals surface area contributed by atoms with Crippen LogP contribution in [0.1, 0.15) is 26.7 Å². The van der Waals surface area contributed by atoms with Crippen molar-refractivity contribution in [2.75, 3.05) is 6.54 Å². The van der Waals surface area contributed by atoms with Gasteiger partial charge >= 0.3 is 0 Å². The maximum Gasteiger partial charge on any atom is 0.0704 e. The van der Waals surface area contributed by atoms with E-state index in [4.69, 9.17) is 4.74 Å². The summed E-state index contributed by atoms with van der Waals surface area (Å²) in [7, 11) is 0. The average molecular weight is 169 g/mol. The molecule has 0 aliphatic carbocycles. The standard InChI is InChI=1S/C10H19NO/c1-4-8(2)11-7-10-6-5-9(3)12-10/h4,8-11H,1,5-7H2,2-3H3. The highest BCUT2D eigenvalue weighted by atomic mass is 16.5. The van der Waals surface area contributed by atoms with Crippen LogP contribution in [0.25, 0.3) is 0 Å². The van der Waals surface area contributed by atoms with Crippen LogP contribution in [0.5, 0.6) is 0 Å². The lowest BCUT2D eigenvalue weighted by atomic mass is 10.2. The van der Waals surface area contributed by atoms with Gasteiger partial charge in [-0.2, -0.15) is 0 Å². The Morgan fingerprint density at radius 1 is 1.67 bits per heavy atom. The third-order valence-electron chi connectivity index (χ3n) is 2.34. The molecule has 3 unspecified atom stereocenters. The smallest absolute Gasteiger partial charge is 0.0704 e. The van der Waals surface area contributed by atoms with Gasteiger partial charge in [-0.3, -0.25) is 0 Å². The van der Waals surface area contributed by atoms with E-state index in [1.165, 1.54) is 12.8 Å². The summed E-state index contributed by atoms with van der Waals surface area (Å²) in [6.45, 7) is 8.91. The second-order valence-electron chi connectivity index (χ2n) is 3.58. The molecule has 1 N–H and O–H groups in total. The Balaban J connectivity index is 2.11. The van der Waals surface area contributed by atoms with Gasteiger partial charge in [0.05, 0.1) is 12.2 Å². The molecule has 2 heteroatoms. The second kappa shape index (κ2) is 4.63. The molecule has 0 spiro atoms. The predicted molar refractivity (Wildman–Crippen MR) is 51.2 cm³/mol. The summed E-state index contributed by atoms with van der Waals surface area (Å²) in [5, 5.41) is 3.35. The quantitative estimate of drug-likeness (QED) is 0.647. The van der Waals surface area contributed by atoms with E-state index >= 15 is 0 Å². The molecule has 1 rings (SSSR count). The topological polar surface area (TPSA) is 21.3 Å². The van der Waals surface area contributed by atoms with Gasteiger partial charge in [-0.05, 0) is 26.7 Å². The number of ether oxygens (including phenoxy) is 1. The van der Waals surface area contributed by atoms with E-state index in [1.54, 1.807) is 0 Å². The van der Waals surface area contributed by atoms with Gasteiger partial charge in [0, 0.05) is 12.6 Å². The van der Waals surface area contributed by atoms with E-state index in [1.807, 2.05) is 6.08 Å². The number of nitrogens with one attached hydrogen (secondary N) is 1. The fourth-order valence-electron chi connectivity index (χ4n) is 1.44. The van der Waals surface area contributed by atoms with Gasteiger partial charge in [-0.1, -0.05) is 6.08 Å². The van der Waals surface area contributed by atoms with E-state index < -0.39 is 0 Å². The Morgan fingerprint density at radius 3 is 2.92 bits per heavy atom. The maximum absolute atomic E-state index is 5.66. The van der Waals surface area contributed by atoms with Crippen LogP contribution >= 0.6 is 0 Å². The molecular formula is C10H19NO. The third-order valence-corrected chi connectivity index (χ3v) is 2.34. The minimum atomic E-state index is 0.393. The van der Waals surface area contributed by atoms with Crippen molar-refractivity contribution in [2.24, 2.45) is 0 Å². The molecule has 1 aliphatic heterocycles. The predicted octanol–water partition coefficient (Wildman–Crippen LogP) is 1.72. The van der Waals surface area contributed by atoms with Gasteiger partial charge < -0.3 is 10.1 Å². The highest BCUT2D eigenvalue weighted by Crippen LogP contribution is 2.18. The fraction of sp³-hybridized carbons (Fsp3) is 0.800. The monoisotopic (exact) mass is 169 g/mol. The van der Waals surface area contributed by atoms with E-state index in [-0.39, 0.29) is 0 Å². The van der Waals surface area contributed by atoms with Crippen LogP contribution in [0, 0.1) is 0 Å². The molecule has 0 amide bonds. The number of rotatable bonds is 4. The molecule has 0 aromatic rings. The highest BCUT2D eigenvalue weighted by molar-refractivity contribution is 4.83. The molecule has 0 aromatic carbocycles. The van der Waals surface area contributed by atoms with E-state index in [9.17, 15) is 0 Å². The largest absolute Gasteiger partial charge is 0.374 e. The van der Waals surface area contributed by atoms with E-state index in [0.717, 1.165) is 6.54 Å². The van der Waals surface area contributed by atoms with E-state index in [0.29, 0.717) is 18.2 Å². The number of hydrogen-bond acceptors (Lipinski definition) is 2. The van der Waals surface area contributed by atoms with Crippen molar-refractivity contribution >= 4 is 0 Å². The molecule has 1 fully saturated rings. The van der Waals surface area contributed by atoms with Gasteiger partial charge in [0.1, 0.15) is 0 Å². The normalized spacial score (nSPS) is 31.8. The first kappa shape index (κ1) is 9.75. The Morgan fingerprint density at radius 2 is 2.42 bits per heavy atom. The average Bonchev–Trinajstić information content (AvgIpc) is 2.47. The lowest BCUT2D eigenvalue weighted by Gasteiger charge is -2.14. The lowest BCUT2D eigenvalue weighted by molar-refractivity contribution is 0.0554. The van der Waals surface area contributed by atoms with Gasteiger partial charge in [-0.25, -0.2) is 0 Å². The molecule has 2 nitrogen and oxygen atoms in total. The highest BCUT2D eigenvalue weighted by Gasteiger charge is 2.21. The van der Waals surface area contributed by atoms with Gasteiger partial charge in [-0.15, -0.1) is 6.58 Å². The molecule has 1 aliphatic rings. The first-order valence-electron chi connectivity index (χ1n) is 4.73. The zero-order valence-electron chi connectivity index (χ0n) is 8.05. The first-order valence-corrected chi connectivity index (χ1v) is 4.73. The van der Waals surface area contributed by atoms with Gasteiger partial charge in [0.25, 0.3) is 0 Å². The second-order valence-corrected chi connectivity index (χ2v) is 3.58. The van der Waals surface area contributed by atoms with Crippen LogP contribution in [-0.4, -0.2) is 24.8 Å². The van der Waals surface area contributed by atoms with Crippen LogP contribution in [0.3, 0.4) is 0 Å². The summed E-state index contributed by atoms with van der Waals surface area (Å²) in [6.07, 6.45) is 5.18. The van der Waals surface area contributed by atoms with Crippen molar-refractivity contribution in [3.8, 4) is 0 Å². The summed E-state index contributed by atoms with van der Waals surface area (Å²) in [4.78, 5) is 0. The van der Waals surface area contributed by atoms with Gasteiger partial charge in [0.15, 0.2) is 0 Å². The van der Waals surface area contributed by atoms with Crippen LogP contribution in [0.4, 0.5) is 0 Å². The molecule has 0 aromatic heterocycles. The molecule has 0 radical (unpaired) electrons. The molecule has 12 heavy (non-hydrogen) atoms. The van der Waals surface area contributed by atoms with Crippen molar-refractivity contribution < 1.29 is 4.74 Å². The Hall–Kier alpha value is -0.340. The molecule has 70 valence electrons. The van der Waals surface area contributed by atoms with Crippen LogP contribution < -0.4 is 5.32 Å². The molecular weight excluding hydrogens is 150 g/mol. The lowest BCUT2D eigenvalue weighted by Crippen LogP contribution is -2.32. The van der Waals surface area contributed by atoms with Crippen LogP contribution in [-0.2, 0) is 4.74 Å². The van der Waals surface area contributed by atoms with Crippen molar-refractivity contribution in [3.05, 3.63) is 12.7 Å². The Labute approximate surface area is 75.0 Å². The minimum Gasteiger partial charge on any atom is -0.374 e. The summed E-state index contributed by atoms with van der Waals surface area (Å²) in [5.74, 6) is 0. The van der Waals surface area contributed by atoms with E-state index in [2.05, 4.69) is 25.7 Å². The molecule has 0 bridgehead atoms. The van der Waals surface area contributed by atoms with Crippen LogP contribution in [0.2, 0.25) is 0 Å². The molecule has 1 saturated heterocycles. The third kappa shape index (κ3) is 2.95. The summed E-state index contributed by atoms with van der Waals surface area (Å²) in [6, 6.07) is 0.393. The van der Waals surface area contributed by atoms with Crippen molar-refractivity contribution in [2.45, 2.75) is 44.9 Å². The SMILES string of the molecule is C=CC(C)NCC1CCC(C)O1. The van der Waals surface area contributed by atoms with Gasteiger partial charge in [0.2, 0.25) is 0 Å². The minimum absolute atomic E-state index is 0.393. The van der Waals surface area contributed by atoms with Crippen molar-refractivity contribution in [3.63, 3.8) is 0 Å². The number of hydrogen-bond donors (Lipinski definition) is 1. The fourth-order valence-corrected chi connectivity index (χ4v) is 1.44. The van der Waals surface area contributed by atoms with Crippen molar-refractivity contribution in [1.29, 1.82) is 0 Å². The Bertz CT molecular complexity index is 147. The summed E-state index contributed by atoms with van der Waals surface area (Å²) in [5.41, 5.74) is 0. The van der Waals surface area contributed by atoms with Crippen molar-refractivity contribution in [1.82, 2.24) is 5.32 Å². The summed E-state index contributed by atoms with van der Waals surface area (Å²) < 4.78 is 5.66. The molecule has 1 heterocycles. The Kier molecular flexibility index (Phi) is 3.76. The summed E-state index contributed by atoms with van der Waals surface area (Å²) >= 11 is 0. The zero-order valence-corrected chi connectivity index (χ0v) is 8.05. The zero-order chi connectivity index (χ0) is 8.97. The molecule has 3 atom stereocenters. The molecule has 0 saturated carbocycles. The van der Waals surface area contributed by atoms with Crippen LogP contribution in [0.15, 0.2) is 12.7 Å². The first-order chi connectivity index (χ1) is 5.72. The maximum atomic E-state index is 5.66.